The van der Waals surface area contributed by atoms with E-state index in [9.17, 15) is 0 Å². The van der Waals surface area contributed by atoms with Gasteiger partial charge < -0.3 is 0 Å². The highest BCUT2D eigenvalue weighted by Crippen LogP contribution is 2.61. The van der Waals surface area contributed by atoms with Crippen LogP contribution in [0, 0.1) is 11.8 Å². The first kappa shape index (κ1) is 12.3. The van der Waals surface area contributed by atoms with E-state index in [1.54, 1.807) is 38.5 Å². The lowest BCUT2D eigenvalue weighted by molar-refractivity contribution is 0.160. The molecule has 0 amide bonds. The van der Waals surface area contributed by atoms with E-state index in [1.165, 1.54) is 32.1 Å². The molecule has 3 aliphatic carbocycles. The fourth-order valence-corrected chi connectivity index (χ4v) is 7.99. The van der Waals surface area contributed by atoms with Crippen molar-refractivity contribution in [3.8, 4) is 0 Å². The molecule has 2 heteroatoms. The highest BCUT2D eigenvalue weighted by atomic mass is 79.9. The minimum Gasteiger partial charge on any atom is -0.0941 e. The molecule has 5 rings (SSSR count). The first-order valence-corrected chi connectivity index (χ1v) is 9.25. The molecule has 100 valence electrons. The minimum absolute atomic E-state index is 0.574. The number of rotatable bonds is 1. The summed E-state index contributed by atoms with van der Waals surface area (Å²) < 4.78 is 0.574. The monoisotopic (exact) mass is 308 g/mol. The molecule has 5 fully saturated rings. The molecule has 5 aliphatic rings. The maximum atomic E-state index is 4.37. The lowest BCUT2D eigenvalue weighted by atomic mass is 9.19. The lowest BCUT2D eigenvalue weighted by Gasteiger charge is -2.57. The van der Waals surface area contributed by atoms with Crippen LogP contribution in [0.3, 0.4) is 0 Å². The Morgan fingerprint density at radius 2 is 1.33 bits per heavy atom. The van der Waals surface area contributed by atoms with E-state index in [0.717, 1.165) is 30.2 Å². The second-order valence-corrected chi connectivity index (χ2v) is 9.23. The molecule has 2 saturated heterocycles. The zero-order valence-corrected chi connectivity index (χ0v) is 13.1. The van der Waals surface area contributed by atoms with E-state index >= 15 is 0 Å². The summed E-state index contributed by atoms with van der Waals surface area (Å²) in [5.41, 5.74) is 0. The SMILES string of the molecule is BrC1(B2C3CCCC2CCC3)CC2CCC1CC2. The van der Waals surface area contributed by atoms with Gasteiger partial charge in [0.25, 0.3) is 0 Å². The quantitative estimate of drug-likeness (QED) is 0.445. The molecular formula is C16H26BBr. The van der Waals surface area contributed by atoms with E-state index in [0.29, 0.717) is 4.22 Å². The molecule has 0 aromatic heterocycles. The molecule has 0 spiro atoms. The van der Waals surface area contributed by atoms with Crippen LogP contribution in [0.4, 0.5) is 0 Å². The average Bonchev–Trinajstić information content (AvgIpc) is 2.39. The first-order chi connectivity index (χ1) is 8.77. The molecule has 0 nitrogen and oxygen atoms in total. The van der Waals surface area contributed by atoms with Gasteiger partial charge in [0.2, 0.25) is 0 Å². The van der Waals surface area contributed by atoms with Gasteiger partial charge in [0.1, 0.15) is 0 Å². The minimum atomic E-state index is 0.574. The number of halogens is 1. The Kier molecular flexibility index (Phi) is 3.10. The van der Waals surface area contributed by atoms with E-state index in [2.05, 4.69) is 15.9 Å². The molecule has 0 N–H and O–H groups in total. The Bertz CT molecular complexity index is 301. The third-order valence-corrected chi connectivity index (χ3v) is 8.50. The maximum absolute atomic E-state index is 4.37. The van der Waals surface area contributed by atoms with Crippen molar-refractivity contribution in [3.63, 3.8) is 0 Å². The molecule has 1 atom stereocenters. The second-order valence-electron chi connectivity index (χ2n) is 7.76. The lowest BCUT2D eigenvalue weighted by Crippen LogP contribution is -2.58. The van der Waals surface area contributed by atoms with Gasteiger partial charge in [0, 0.05) is 4.22 Å². The molecule has 0 aromatic rings. The third kappa shape index (κ3) is 1.77. The van der Waals surface area contributed by atoms with Crippen molar-refractivity contribution in [2.45, 2.75) is 86.5 Å². The number of hydrogen-bond acceptors (Lipinski definition) is 0. The van der Waals surface area contributed by atoms with E-state index in [1.807, 2.05) is 0 Å². The Balaban J connectivity index is 1.64. The highest BCUT2D eigenvalue weighted by molar-refractivity contribution is 9.10. The molecule has 1 unspecified atom stereocenters. The standard InChI is InChI=1S/C16H26BBr/c18-16(11-12-7-9-13(16)10-8-12)17-14-3-1-4-15(17)6-2-5-14/h12-15H,1-11H2. The van der Waals surface area contributed by atoms with Gasteiger partial charge in [-0.2, -0.15) is 0 Å². The van der Waals surface area contributed by atoms with Crippen molar-refractivity contribution in [3.05, 3.63) is 0 Å². The normalized spacial score (nSPS) is 51.5. The van der Waals surface area contributed by atoms with Crippen molar-refractivity contribution in [2.24, 2.45) is 11.8 Å². The van der Waals surface area contributed by atoms with E-state index < -0.39 is 0 Å². The van der Waals surface area contributed by atoms with Crippen molar-refractivity contribution >= 4 is 22.6 Å². The van der Waals surface area contributed by atoms with Crippen LogP contribution in [0.25, 0.3) is 0 Å². The fourth-order valence-electron chi connectivity index (χ4n) is 6.32. The molecule has 0 aromatic carbocycles. The van der Waals surface area contributed by atoms with E-state index in [4.69, 9.17) is 0 Å². The van der Waals surface area contributed by atoms with E-state index in [-0.39, 0.29) is 0 Å². The summed E-state index contributed by atoms with van der Waals surface area (Å²) in [4.78, 5) is 0. The van der Waals surface area contributed by atoms with Crippen LogP contribution < -0.4 is 0 Å². The zero-order valence-electron chi connectivity index (χ0n) is 11.5. The van der Waals surface area contributed by atoms with Crippen molar-refractivity contribution in [2.75, 3.05) is 0 Å². The summed E-state index contributed by atoms with van der Waals surface area (Å²) in [6.45, 7) is 1.05. The Labute approximate surface area is 121 Å². The second kappa shape index (κ2) is 4.53. The van der Waals surface area contributed by atoms with Crippen LogP contribution in [-0.4, -0.2) is 10.9 Å². The highest BCUT2D eigenvalue weighted by Gasteiger charge is 2.57. The van der Waals surface area contributed by atoms with Gasteiger partial charge in [-0.1, -0.05) is 78.9 Å². The molecule has 2 heterocycles. The molecule has 18 heavy (non-hydrogen) atoms. The van der Waals surface area contributed by atoms with Gasteiger partial charge in [-0.25, -0.2) is 0 Å². The predicted octanol–water partition coefficient (Wildman–Crippen LogP) is 5.47. The largest absolute Gasteiger partial charge is 0.166 e. The average molecular weight is 309 g/mol. The van der Waals surface area contributed by atoms with Gasteiger partial charge in [-0.15, -0.1) is 0 Å². The van der Waals surface area contributed by atoms with Crippen molar-refractivity contribution in [1.82, 2.24) is 0 Å². The maximum Gasteiger partial charge on any atom is 0.166 e. The predicted molar refractivity (Wildman–Crippen MR) is 82.7 cm³/mol. The summed E-state index contributed by atoms with van der Waals surface area (Å²) in [6.07, 6.45) is 16.9. The number of hydrogen-bond donors (Lipinski definition) is 0. The Morgan fingerprint density at radius 1 is 0.778 bits per heavy atom. The van der Waals surface area contributed by atoms with Crippen LogP contribution in [0.15, 0.2) is 0 Å². The summed E-state index contributed by atoms with van der Waals surface area (Å²) >= 11 is 4.37. The van der Waals surface area contributed by atoms with Gasteiger partial charge in [-0.3, -0.25) is 0 Å². The molecule has 0 radical (unpaired) electrons. The van der Waals surface area contributed by atoms with Gasteiger partial charge in [0.15, 0.2) is 6.71 Å². The Hall–Kier alpha value is 0.545. The third-order valence-electron chi connectivity index (χ3n) is 7.00. The number of fused-ring (bicyclic) bond motifs is 6. The summed E-state index contributed by atoms with van der Waals surface area (Å²) in [6, 6.07) is 0. The fraction of sp³-hybridized carbons (Fsp3) is 1.00. The van der Waals surface area contributed by atoms with Crippen LogP contribution >= 0.6 is 15.9 Å². The topological polar surface area (TPSA) is 0 Å². The van der Waals surface area contributed by atoms with Crippen molar-refractivity contribution in [1.29, 1.82) is 0 Å². The van der Waals surface area contributed by atoms with Gasteiger partial charge in [0.05, 0.1) is 0 Å². The summed E-state index contributed by atoms with van der Waals surface area (Å²) in [5, 5.41) is 0. The van der Waals surface area contributed by atoms with Crippen LogP contribution in [0.5, 0.6) is 0 Å². The molecule has 4 bridgehead atoms. The molecular weight excluding hydrogens is 283 g/mol. The van der Waals surface area contributed by atoms with Crippen LogP contribution in [0.1, 0.15) is 70.6 Å². The van der Waals surface area contributed by atoms with Crippen LogP contribution in [-0.2, 0) is 0 Å². The molecule has 2 aliphatic heterocycles. The summed E-state index contributed by atoms with van der Waals surface area (Å²) in [5.74, 6) is 4.25. The van der Waals surface area contributed by atoms with Crippen LogP contribution in [0.2, 0.25) is 11.6 Å². The Morgan fingerprint density at radius 3 is 1.78 bits per heavy atom. The van der Waals surface area contributed by atoms with Crippen molar-refractivity contribution < 1.29 is 0 Å². The smallest absolute Gasteiger partial charge is 0.0941 e. The zero-order chi connectivity index (χ0) is 12.2. The molecule has 3 saturated carbocycles. The first-order valence-electron chi connectivity index (χ1n) is 8.46. The number of alkyl halides is 1. The van der Waals surface area contributed by atoms with Gasteiger partial charge >= 0.3 is 0 Å². The van der Waals surface area contributed by atoms with Gasteiger partial charge in [-0.05, 0) is 31.1 Å². The summed E-state index contributed by atoms with van der Waals surface area (Å²) in [7, 11) is 0.